The fraction of sp³-hybridized carbons (Fsp3) is 0.321. The van der Waals surface area contributed by atoms with Gasteiger partial charge in [-0.25, -0.2) is 4.79 Å². The zero-order chi connectivity index (χ0) is 26.1. The largest absolute Gasteiger partial charge is 0.489 e. The number of esters is 1. The minimum atomic E-state index is -4.35. The van der Waals surface area contributed by atoms with Crippen LogP contribution in [0.4, 0.5) is 13.2 Å². The SMILES string of the molecule is CCCc1cc(Sc2ccc(OCc3ccc(C(F)(F)F)cc3)c(C)c2)ccc1OCC(=O)OCC. The fourth-order valence-corrected chi connectivity index (χ4v) is 4.48. The van der Waals surface area contributed by atoms with Gasteiger partial charge >= 0.3 is 12.1 Å². The van der Waals surface area contributed by atoms with Gasteiger partial charge in [0.15, 0.2) is 6.61 Å². The van der Waals surface area contributed by atoms with Gasteiger partial charge in [0.2, 0.25) is 0 Å². The molecule has 0 N–H and O–H groups in total. The molecule has 0 heterocycles. The van der Waals surface area contributed by atoms with E-state index in [-0.39, 0.29) is 13.2 Å². The zero-order valence-electron chi connectivity index (χ0n) is 20.5. The average Bonchev–Trinajstić information content (AvgIpc) is 2.83. The Morgan fingerprint density at radius 2 is 1.56 bits per heavy atom. The molecule has 0 amide bonds. The number of alkyl halides is 3. The molecule has 0 aliphatic rings. The molecule has 3 aromatic rings. The number of halogens is 3. The Morgan fingerprint density at radius 1 is 0.889 bits per heavy atom. The minimum absolute atomic E-state index is 0.121. The first-order valence-electron chi connectivity index (χ1n) is 11.7. The Balaban J connectivity index is 1.63. The molecule has 0 unspecified atom stereocenters. The standard InChI is InChI=1S/C28H29F3O4S/c1-4-6-21-16-24(12-14-26(21)35-18-27(32)33-5-2)36-23-11-13-25(19(3)15-23)34-17-20-7-9-22(10-8-20)28(29,30)31/h7-16H,4-6,17-18H2,1-3H3. The van der Waals surface area contributed by atoms with Gasteiger partial charge in [0.1, 0.15) is 18.1 Å². The summed E-state index contributed by atoms with van der Waals surface area (Å²) in [5, 5.41) is 0. The summed E-state index contributed by atoms with van der Waals surface area (Å²) in [6.07, 6.45) is -2.59. The van der Waals surface area contributed by atoms with Gasteiger partial charge in [0.05, 0.1) is 12.2 Å². The summed E-state index contributed by atoms with van der Waals surface area (Å²) in [5.41, 5.74) is 1.94. The molecule has 0 bridgehead atoms. The molecule has 36 heavy (non-hydrogen) atoms. The first kappa shape index (κ1) is 27.5. The first-order valence-corrected chi connectivity index (χ1v) is 12.5. The highest BCUT2D eigenvalue weighted by atomic mass is 32.2. The molecule has 0 aliphatic carbocycles. The summed E-state index contributed by atoms with van der Waals surface area (Å²) >= 11 is 1.60. The lowest BCUT2D eigenvalue weighted by atomic mass is 10.1. The molecule has 8 heteroatoms. The molecule has 3 rings (SSSR count). The Morgan fingerprint density at radius 3 is 2.17 bits per heavy atom. The number of hydrogen-bond acceptors (Lipinski definition) is 5. The highest BCUT2D eigenvalue weighted by Crippen LogP contribution is 2.34. The smallest absolute Gasteiger partial charge is 0.416 e. The van der Waals surface area contributed by atoms with E-state index in [4.69, 9.17) is 14.2 Å². The molecule has 4 nitrogen and oxygen atoms in total. The fourth-order valence-electron chi connectivity index (χ4n) is 3.50. The van der Waals surface area contributed by atoms with Gasteiger partial charge in [-0.3, -0.25) is 0 Å². The number of aryl methyl sites for hydroxylation is 2. The van der Waals surface area contributed by atoms with Crippen molar-refractivity contribution < 1.29 is 32.2 Å². The van der Waals surface area contributed by atoms with E-state index in [0.717, 1.165) is 45.9 Å². The van der Waals surface area contributed by atoms with E-state index in [1.165, 1.54) is 12.1 Å². The third-order valence-corrected chi connectivity index (χ3v) is 6.24. The normalized spacial score (nSPS) is 11.3. The summed E-state index contributed by atoms with van der Waals surface area (Å²) in [7, 11) is 0. The first-order chi connectivity index (χ1) is 17.2. The third kappa shape index (κ3) is 7.95. The van der Waals surface area contributed by atoms with Crippen LogP contribution in [-0.2, 0) is 28.7 Å². The van der Waals surface area contributed by atoms with E-state index in [0.29, 0.717) is 23.7 Å². The van der Waals surface area contributed by atoms with E-state index in [9.17, 15) is 18.0 Å². The highest BCUT2D eigenvalue weighted by Gasteiger charge is 2.29. The zero-order valence-corrected chi connectivity index (χ0v) is 21.3. The number of rotatable bonds is 11. The topological polar surface area (TPSA) is 44.8 Å². The lowest BCUT2D eigenvalue weighted by Gasteiger charge is -2.14. The molecule has 0 aliphatic heterocycles. The van der Waals surface area contributed by atoms with Crippen LogP contribution in [0, 0.1) is 6.92 Å². The Bertz CT molecular complexity index is 1160. The second kappa shape index (κ2) is 12.7. The molecular weight excluding hydrogens is 489 g/mol. The highest BCUT2D eigenvalue weighted by molar-refractivity contribution is 7.99. The molecule has 0 fully saturated rings. The predicted molar refractivity (Wildman–Crippen MR) is 134 cm³/mol. The monoisotopic (exact) mass is 518 g/mol. The van der Waals surface area contributed by atoms with Gasteiger partial charge in [-0.05, 0) is 85.5 Å². The van der Waals surface area contributed by atoms with E-state index in [1.807, 2.05) is 37.3 Å². The van der Waals surface area contributed by atoms with E-state index >= 15 is 0 Å². The van der Waals surface area contributed by atoms with E-state index < -0.39 is 17.7 Å². The maximum absolute atomic E-state index is 12.7. The summed E-state index contributed by atoms with van der Waals surface area (Å²) in [6.45, 7) is 6.15. The van der Waals surface area contributed by atoms with Crippen molar-refractivity contribution in [3.05, 3.63) is 82.9 Å². The molecule has 0 saturated carbocycles. The Kier molecular flexibility index (Phi) is 9.70. The van der Waals surface area contributed by atoms with Crippen LogP contribution in [0.1, 0.15) is 42.5 Å². The Labute approximate surface area is 213 Å². The number of benzene rings is 3. The van der Waals surface area contributed by atoms with Crippen molar-refractivity contribution in [3.8, 4) is 11.5 Å². The second-order valence-corrected chi connectivity index (χ2v) is 9.27. The molecular formula is C28H29F3O4S. The van der Waals surface area contributed by atoms with Crippen LogP contribution < -0.4 is 9.47 Å². The van der Waals surface area contributed by atoms with Gasteiger partial charge < -0.3 is 14.2 Å². The average molecular weight is 519 g/mol. The van der Waals surface area contributed by atoms with Gasteiger partial charge in [-0.2, -0.15) is 13.2 Å². The maximum atomic E-state index is 12.7. The summed E-state index contributed by atoms with van der Waals surface area (Å²) < 4.78 is 54.6. The van der Waals surface area contributed by atoms with Gasteiger partial charge in [-0.1, -0.05) is 37.2 Å². The maximum Gasteiger partial charge on any atom is 0.416 e. The van der Waals surface area contributed by atoms with Crippen molar-refractivity contribution >= 4 is 17.7 Å². The summed E-state index contributed by atoms with van der Waals surface area (Å²) in [5.74, 6) is 0.959. The van der Waals surface area contributed by atoms with Crippen molar-refractivity contribution in [2.24, 2.45) is 0 Å². The molecule has 0 spiro atoms. The number of hydrogen-bond donors (Lipinski definition) is 0. The van der Waals surface area contributed by atoms with Crippen LogP contribution in [0.2, 0.25) is 0 Å². The van der Waals surface area contributed by atoms with Crippen molar-refractivity contribution in [1.82, 2.24) is 0 Å². The van der Waals surface area contributed by atoms with E-state index in [2.05, 4.69) is 13.0 Å². The quantitative estimate of drug-likeness (QED) is 0.244. The number of carbonyl (C=O) groups excluding carboxylic acids is 1. The minimum Gasteiger partial charge on any atom is -0.489 e. The van der Waals surface area contributed by atoms with Crippen LogP contribution in [0.25, 0.3) is 0 Å². The Hall–Kier alpha value is -3.13. The van der Waals surface area contributed by atoms with Gasteiger partial charge in [-0.15, -0.1) is 0 Å². The summed E-state index contributed by atoms with van der Waals surface area (Å²) in [4.78, 5) is 13.7. The van der Waals surface area contributed by atoms with Crippen molar-refractivity contribution in [1.29, 1.82) is 0 Å². The molecule has 0 atom stereocenters. The van der Waals surface area contributed by atoms with Crippen molar-refractivity contribution in [2.75, 3.05) is 13.2 Å². The second-order valence-electron chi connectivity index (χ2n) is 8.13. The van der Waals surface area contributed by atoms with E-state index in [1.54, 1.807) is 18.7 Å². The molecule has 0 radical (unpaired) electrons. The number of carbonyl (C=O) groups is 1. The molecule has 0 saturated heterocycles. The van der Waals surface area contributed by atoms with Crippen molar-refractivity contribution in [3.63, 3.8) is 0 Å². The van der Waals surface area contributed by atoms with Crippen LogP contribution in [0.5, 0.6) is 11.5 Å². The predicted octanol–water partition coefficient (Wildman–Crippen LogP) is 7.64. The van der Waals surface area contributed by atoms with Gasteiger partial charge in [0.25, 0.3) is 0 Å². The number of ether oxygens (including phenoxy) is 3. The van der Waals surface area contributed by atoms with Crippen LogP contribution >= 0.6 is 11.8 Å². The van der Waals surface area contributed by atoms with Gasteiger partial charge in [0, 0.05) is 9.79 Å². The molecule has 192 valence electrons. The van der Waals surface area contributed by atoms with Crippen molar-refractivity contribution in [2.45, 2.75) is 56.2 Å². The summed E-state index contributed by atoms with van der Waals surface area (Å²) in [6, 6.07) is 16.7. The van der Waals surface area contributed by atoms with Crippen LogP contribution in [0.15, 0.2) is 70.5 Å². The molecule has 3 aromatic carbocycles. The molecule has 0 aromatic heterocycles. The third-order valence-electron chi connectivity index (χ3n) is 5.26. The lowest BCUT2D eigenvalue weighted by molar-refractivity contribution is -0.145. The lowest BCUT2D eigenvalue weighted by Crippen LogP contribution is -2.15. The van der Waals surface area contributed by atoms with Crippen LogP contribution in [-0.4, -0.2) is 19.2 Å². The van der Waals surface area contributed by atoms with Crippen LogP contribution in [0.3, 0.4) is 0 Å².